The summed E-state index contributed by atoms with van der Waals surface area (Å²) in [5.41, 5.74) is 1.37. The van der Waals surface area contributed by atoms with Crippen LogP contribution in [0, 0.1) is 5.82 Å². The number of carbonyl (C=O) groups excluding carboxylic acids is 1. The van der Waals surface area contributed by atoms with Gasteiger partial charge in [-0.25, -0.2) is 4.39 Å². The van der Waals surface area contributed by atoms with Gasteiger partial charge in [0.15, 0.2) is 11.4 Å². The maximum atomic E-state index is 15.7. The Morgan fingerprint density at radius 1 is 1.14 bits per heavy atom. The number of hydrogen-bond acceptors (Lipinski definition) is 7. The molecule has 1 fully saturated rings. The normalized spacial score (nSPS) is 22.8. The van der Waals surface area contributed by atoms with E-state index in [1.807, 2.05) is 35.3 Å². The Morgan fingerprint density at radius 3 is 2.81 bits per heavy atom. The Hall–Kier alpha value is -3.34. The second kappa shape index (κ2) is 8.95. The van der Waals surface area contributed by atoms with Crippen LogP contribution < -0.4 is 10.4 Å². The van der Waals surface area contributed by atoms with E-state index in [1.165, 1.54) is 30.1 Å². The summed E-state index contributed by atoms with van der Waals surface area (Å²) in [6, 6.07) is 12.9. The fourth-order valence-corrected chi connectivity index (χ4v) is 6.53. The number of aromatic hydroxyl groups is 1. The Balaban J connectivity index is 1.66. The molecule has 2 aromatic carbocycles. The molecule has 3 atom stereocenters. The molecule has 1 saturated heterocycles. The molecule has 0 bridgehead atoms. The number of halogens is 1. The third-order valence-electron chi connectivity index (χ3n) is 6.97. The number of fused-ring (bicyclic) bond motifs is 4. The van der Waals surface area contributed by atoms with Crippen molar-refractivity contribution in [2.24, 2.45) is 0 Å². The lowest BCUT2D eigenvalue weighted by molar-refractivity contribution is -0.0694. The van der Waals surface area contributed by atoms with Crippen LogP contribution in [-0.4, -0.2) is 59.7 Å². The van der Waals surface area contributed by atoms with E-state index in [0.29, 0.717) is 11.3 Å². The molecule has 1 N–H and O–H groups in total. The summed E-state index contributed by atoms with van der Waals surface area (Å²) in [5.74, 6) is -0.928. The first-order valence-corrected chi connectivity index (χ1v) is 12.6. The minimum atomic E-state index is -0.668. The summed E-state index contributed by atoms with van der Waals surface area (Å²) < 4.78 is 28.5. The van der Waals surface area contributed by atoms with Crippen LogP contribution >= 0.6 is 11.8 Å². The van der Waals surface area contributed by atoms with E-state index in [9.17, 15) is 14.7 Å². The van der Waals surface area contributed by atoms with E-state index < -0.39 is 35.3 Å². The van der Waals surface area contributed by atoms with Crippen molar-refractivity contribution >= 4 is 17.7 Å². The first-order valence-electron chi connectivity index (χ1n) is 11.6. The van der Waals surface area contributed by atoms with Gasteiger partial charge in [-0.3, -0.25) is 19.3 Å². The molecule has 3 aliphatic rings. The maximum absolute atomic E-state index is 15.7. The second-order valence-electron chi connectivity index (χ2n) is 8.98. The second-order valence-corrected chi connectivity index (χ2v) is 10.0. The van der Waals surface area contributed by atoms with Crippen molar-refractivity contribution in [2.75, 3.05) is 31.9 Å². The molecule has 10 heteroatoms. The van der Waals surface area contributed by atoms with Gasteiger partial charge >= 0.3 is 0 Å². The molecular weight excluding hydrogens is 485 g/mol. The van der Waals surface area contributed by atoms with E-state index >= 15 is 4.39 Å². The molecule has 3 aromatic rings. The zero-order valence-corrected chi connectivity index (χ0v) is 20.3. The number of amides is 1. The highest BCUT2D eigenvalue weighted by atomic mass is 32.2. The largest absolute Gasteiger partial charge is 0.502 e. The highest BCUT2D eigenvalue weighted by molar-refractivity contribution is 7.98. The van der Waals surface area contributed by atoms with Crippen LogP contribution in [0.25, 0.3) is 0 Å². The van der Waals surface area contributed by atoms with Gasteiger partial charge in [-0.05, 0) is 23.3 Å². The fourth-order valence-electron chi connectivity index (χ4n) is 5.45. The molecule has 0 saturated carbocycles. The summed E-state index contributed by atoms with van der Waals surface area (Å²) in [4.78, 5) is 28.8. The Bertz CT molecular complexity index is 1410. The number of thioether (sulfide) groups is 1. The van der Waals surface area contributed by atoms with E-state index in [-0.39, 0.29) is 31.3 Å². The van der Waals surface area contributed by atoms with Crippen molar-refractivity contribution in [1.82, 2.24) is 9.58 Å². The highest BCUT2D eigenvalue weighted by Gasteiger charge is 2.49. The van der Waals surface area contributed by atoms with Crippen molar-refractivity contribution in [3.63, 3.8) is 0 Å². The lowest BCUT2D eigenvalue weighted by Gasteiger charge is -2.53. The lowest BCUT2D eigenvalue weighted by atomic mass is 9.92. The first kappa shape index (κ1) is 23.1. The average molecular weight is 510 g/mol. The molecule has 1 amide bonds. The number of hydrogen-bond donors (Lipinski definition) is 1. The molecule has 36 heavy (non-hydrogen) atoms. The average Bonchev–Trinajstić information content (AvgIpc) is 3.04. The van der Waals surface area contributed by atoms with Gasteiger partial charge in [-0.15, -0.1) is 11.8 Å². The predicted octanol–water partition coefficient (Wildman–Crippen LogP) is 2.85. The monoisotopic (exact) mass is 509 g/mol. The van der Waals surface area contributed by atoms with E-state index in [0.717, 1.165) is 16.0 Å². The van der Waals surface area contributed by atoms with Crippen LogP contribution in [0.4, 0.5) is 4.39 Å². The van der Waals surface area contributed by atoms with Crippen molar-refractivity contribution in [2.45, 2.75) is 28.9 Å². The van der Waals surface area contributed by atoms with Gasteiger partial charge in [0, 0.05) is 35.6 Å². The van der Waals surface area contributed by atoms with Gasteiger partial charge in [0.1, 0.15) is 18.0 Å². The minimum Gasteiger partial charge on any atom is -0.502 e. The zero-order valence-electron chi connectivity index (χ0n) is 19.5. The summed E-state index contributed by atoms with van der Waals surface area (Å²) in [5, 5.41) is 12.6. The quantitative estimate of drug-likeness (QED) is 0.581. The lowest BCUT2D eigenvalue weighted by Crippen LogP contribution is -2.69. The molecule has 1 aromatic heterocycles. The van der Waals surface area contributed by atoms with Crippen molar-refractivity contribution in [1.29, 1.82) is 0 Å². The molecule has 4 heterocycles. The molecule has 3 aliphatic heterocycles. The van der Waals surface area contributed by atoms with Crippen molar-refractivity contribution in [3.05, 3.63) is 93.2 Å². The van der Waals surface area contributed by atoms with E-state index in [2.05, 4.69) is 0 Å². The molecule has 6 rings (SSSR count). The van der Waals surface area contributed by atoms with Gasteiger partial charge in [0.25, 0.3) is 5.91 Å². The summed E-state index contributed by atoms with van der Waals surface area (Å²) in [6.07, 6.45) is 0.822. The molecule has 8 nitrogen and oxygen atoms in total. The number of carbonyl (C=O) groups is 1. The SMILES string of the molecule is COCC1COC[C@@H]2N1C(=O)c1c(O)c(=O)ccn1N2[C@@H]1c2ccccc2SCc2cccc(F)c21. The zero-order chi connectivity index (χ0) is 25.0. The van der Waals surface area contributed by atoms with Crippen LogP contribution in [0.2, 0.25) is 0 Å². The van der Waals surface area contributed by atoms with Gasteiger partial charge in [-0.2, -0.15) is 0 Å². The highest BCUT2D eigenvalue weighted by Crippen LogP contribution is 2.45. The van der Waals surface area contributed by atoms with Crippen LogP contribution in [0.1, 0.15) is 33.2 Å². The van der Waals surface area contributed by atoms with Crippen molar-refractivity contribution in [3.8, 4) is 5.75 Å². The Kier molecular flexibility index (Phi) is 5.74. The Labute approximate surface area is 210 Å². The van der Waals surface area contributed by atoms with E-state index in [4.69, 9.17) is 9.47 Å². The van der Waals surface area contributed by atoms with Crippen LogP contribution in [0.15, 0.2) is 64.4 Å². The number of aromatic nitrogens is 1. The molecule has 186 valence electrons. The predicted molar refractivity (Wildman–Crippen MR) is 131 cm³/mol. The Morgan fingerprint density at radius 2 is 1.97 bits per heavy atom. The maximum Gasteiger partial charge on any atom is 0.278 e. The molecule has 0 radical (unpaired) electrons. The van der Waals surface area contributed by atoms with Crippen LogP contribution in [0.3, 0.4) is 0 Å². The standard InChI is InChI=1S/C26H24FN3O5S/c1-34-11-16-12-35-13-21-29(16)26(33)24-25(32)19(31)9-10-28(24)30(21)23-17-6-2-3-8-20(17)36-14-15-5-4-7-18(27)22(15)23/h2-10,16,21,23,32H,11-14H2,1H3/t16?,21-,23-/m1/s1. The van der Waals surface area contributed by atoms with Crippen molar-refractivity contribution < 1.29 is 23.8 Å². The summed E-state index contributed by atoms with van der Waals surface area (Å²) in [6.45, 7) is 0.605. The topological polar surface area (TPSA) is 84.2 Å². The van der Waals surface area contributed by atoms with E-state index in [1.54, 1.807) is 22.7 Å². The third kappa shape index (κ3) is 3.43. The van der Waals surface area contributed by atoms with Gasteiger partial charge in [0.05, 0.1) is 25.9 Å². The number of ether oxygens (including phenoxy) is 2. The fraction of sp³-hybridized carbons (Fsp3) is 0.308. The molecule has 1 unspecified atom stereocenters. The molecule has 0 aliphatic carbocycles. The first-order chi connectivity index (χ1) is 17.5. The summed E-state index contributed by atoms with van der Waals surface area (Å²) in [7, 11) is 1.54. The number of nitrogens with zero attached hydrogens (tertiary/aromatic N) is 3. The third-order valence-corrected chi connectivity index (χ3v) is 8.11. The number of methoxy groups -OCH3 is 1. The molecule has 0 spiro atoms. The van der Waals surface area contributed by atoms with Gasteiger partial charge < -0.3 is 19.5 Å². The minimum absolute atomic E-state index is 0.158. The van der Waals surface area contributed by atoms with Gasteiger partial charge in [0.2, 0.25) is 5.43 Å². The van der Waals surface area contributed by atoms with Crippen LogP contribution in [-0.2, 0) is 15.2 Å². The summed E-state index contributed by atoms with van der Waals surface area (Å²) >= 11 is 1.62. The molecular formula is C26H24FN3O5S. The van der Waals surface area contributed by atoms with Gasteiger partial charge in [-0.1, -0.05) is 30.3 Å². The number of rotatable bonds is 3. The van der Waals surface area contributed by atoms with Crippen LogP contribution in [0.5, 0.6) is 5.75 Å². The smallest absolute Gasteiger partial charge is 0.278 e. The number of benzene rings is 2. The number of pyridine rings is 1. The number of morpholine rings is 1.